The maximum Gasteiger partial charge on any atom is 0.232 e. The van der Waals surface area contributed by atoms with Gasteiger partial charge in [-0.3, -0.25) is 4.99 Å². The Bertz CT molecular complexity index is 537. The zero-order valence-electron chi connectivity index (χ0n) is 13.7. The van der Waals surface area contributed by atoms with E-state index in [1.165, 1.54) is 25.7 Å². The minimum atomic E-state index is 0.484. The third-order valence-corrected chi connectivity index (χ3v) is 5.12. The van der Waals surface area contributed by atoms with Gasteiger partial charge in [0.05, 0.1) is 6.54 Å². The van der Waals surface area contributed by atoms with Crippen molar-refractivity contribution < 1.29 is 4.74 Å². The lowest BCUT2D eigenvalue weighted by molar-refractivity contribution is 0.299. The Morgan fingerprint density at radius 2 is 2.13 bits per heavy atom. The minimum Gasteiger partial charge on any atom is -0.475 e. The van der Waals surface area contributed by atoms with Gasteiger partial charge in [0.1, 0.15) is 11.6 Å². The first-order valence-corrected chi connectivity index (χ1v) is 8.84. The number of halogens is 1. The summed E-state index contributed by atoms with van der Waals surface area (Å²) in [5.41, 5.74) is 0. The molecule has 6 heteroatoms. The maximum atomic E-state index is 6.03. The molecule has 0 radical (unpaired) electrons. The number of aromatic nitrogens is 1. The van der Waals surface area contributed by atoms with E-state index in [2.05, 4.69) is 20.2 Å². The molecule has 0 bridgehead atoms. The fourth-order valence-electron chi connectivity index (χ4n) is 3.70. The number of aliphatic imine (C=N–C) groups is 1. The van der Waals surface area contributed by atoms with Crippen molar-refractivity contribution >= 4 is 17.6 Å². The van der Waals surface area contributed by atoms with E-state index in [1.807, 2.05) is 7.05 Å². The fourth-order valence-corrected chi connectivity index (χ4v) is 3.88. The second kappa shape index (κ2) is 7.86. The van der Waals surface area contributed by atoms with Crippen molar-refractivity contribution in [1.29, 1.82) is 0 Å². The van der Waals surface area contributed by atoms with Crippen LogP contribution in [0.4, 0.5) is 0 Å². The van der Waals surface area contributed by atoms with Crippen molar-refractivity contribution in [2.75, 3.05) is 33.3 Å². The molecule has 1 aromatic heterocycles. The summed E-state index contributed by atoms with van der Waals surface area (Å²) in [6.45, 7) is 3.47. The number of hydrogen-bond donors (Lipinski definition) is 1. The van der Waals surface area contributed by atoms with E-state index in [1.54, 1.807) is 18.3 Å². The molecule has 2 unspecified atom stereocenters. The summed E-state index contributed by atoms with van der Waals surface area (Å²) in [7, 11) is 1.85. The lowest BCUT2D eigenvalue weighted by Crippen LogP contribution is -2.41. The number of rotatable bonds is 4. The molecule has 1 aromatic rings. The van der Waals surface area contributed by atoms with Gasteiger partial charge in [0.2, 0.25) is 5.88 Å². The maximum absolute atomic E-state index is 6.03. The molecule has 1 saturated heterocycles. The quantitative estimate of drug-likeness (QED) is 0.522. The standard InChI is InChI=1S/C17H25ClN4O/c1-19-17(22-11-13-5-2-3-6-14(13)12-22)21-9-10-23-16-15(18)7-4-8-20-16/h4,7-8,13-14H,2-3,5-6,9-12H2,1H3,(H,19,21). The summed E-state index contributed by atoms with van der Waals surface area (Å²) in [5.74, 6) is 3.17. The van der Waals surface area contributed by atoms with Crippen LogP contribution in [0.25, 0.3) is 0 Å². The molecule has 2 heterocycles. The van der Waals surface area contributed by atoms with Crippen LogP contribution >= 0.6 is 11.6 Å². The third kappa shape index (κ3) is 4.08. The fraction of sp³-hybridized carbons (Fsp3) is 0.647. The first-order valence-electron chi connectivity index (χ1n) is 8.47. The summed E-state index contributed by atoms with van der Waals surface area (Å²) in [4.78, 5) is 10.9. The van der Waals surface area contributed by atoms with E-state index in [-0.39, 0.29) is 0 Å². The Hall–Kier alpha value is -1.49. The van der Waals surface area contributed by atoms with E-state index in [0.717, 1.165) is 30.9 Å². The van der Waals surface area contributed by atoms with E-state index < -0.39 is 0 Å². The van der Waals surface area contributed by atoms with Crippen molar-refractivity contribution in [3.63, 3.8) is 0 Å². The van der Waals surface area contributed by atoms with Crippen molar-refractivity contribution in [3.8, 4) is 5.88 Å². The summed E-state index contributed by atoms with van der Waals surface area (Å²) in [6.07, 6.45) is 7.21. The number of ether oxygens (including phenoxy) is 1. The summed E-state index contributed by atoms with van der Waals surface area (Å²) < 4.78 is 5.61. The predicted molar refractivity (Wildman–Crippen MR) is 93.1 cm³/mol. The van der Waals surface area contributed by atoms with Crippen LogP contribution in [0, 0.1) is 11.8 Å². The SMILES string of the molecule is CN=C(NCCOc1ncccc1Cl)N1CC2CCCCC2C1. The number of fused-ring (bicyclic) bond motifs is 1. The normalized spacial score (nSPS) is 24.4. The summed E-state index contributed by atoms with van der Waals surface area (Å²) in [6, 6.07) is 3.57. The van der Waals surface area contributed by atoms with Crippen LogP contribution in [0.5, 0.6) is 5.88 Å². The van der Waals surface area contributed by atoms with Gasteiger partial charge >= 0.3 is 0 Å². The highest BCUT2D eigenvalue weighted by atomic mass is 35.5. The highest BCUT2D eigenvalue weighted by molar-refractivity contribution is 6.31. The largest absolute Gasteiger partial charge is 0.475 e. The number of nitrogens with zero attached hydrogens (tertiary/aromatic N) is 3. The molecule has 0 amide bonds. The van der Waals surface area contributed by atoms with Crippen LogP contribution in [-0.4, -0.2) is 49.1 Å². The van der Waals surface area contributed by atoms with Crippen molar-refractivity contribution in [2.24, 2.45) is 16.8 Å². The van der Waals surface area contributed by atoms with Gasteiger partial charge in [0.15, 0.2) is 5.96 Å². The molecule has 1 aliphatic carbocycles. The Morgan fingerprint density at radius 1 is 1.39 bits per heavy atom. The van der Waals surface area contributed by atoms with E-state index in [9.17, 15) is 0 Å². The van der Waals surface area contributed by atoms with Crippen LogP contribution in [0.2, 0.25) is 5.02 Å². The second-order valence-corrected chi connectivity index (χ2v) is 6.73. The molecule has 23 heavy (non-hydrogen) atoms. The Balaban J connectivity index is 1.44. The topological polar surface area (TPSA) is 49.8 Å². The van der Waals surface area contributed by atoms with Gasteiger partial charge in [-0.2, -0.15) is 0 Å². The van der Waals surface area contributed by atoms with Gasteiger partial charge in [-0.1, -0.05) is 24.4 Å². The van der Waals surface area contributed by atoms with Gasteiger partial charge in [0, 0.05) is 26.3 Å². The summed E-state index contributed by atoms with van der Waals surface area (Å²) >= 11 is 6.03. The second-order valence-electron chi connectivity index (χ2n) is 6.32. The molecule has 1 aliphatic heterocycles. The van der Waals surface area contributed by atoms with Gasteiger partial charge in [-0.15, -0.1) is 0 Å². The zero-order chi connectivity index (χ0) is 16.1. The van der Waals surface area contributed by atoms with Crippen molar-refractivity contribution in [2.45, 2.75) is 25.7 Å². The molecule has 2 fully saturated rings. The average Bonchev–Trinajstić information content (AvgIpc) is 3.00. The molecule has 2 aliphatic rings. The van der Waals surface area contributed by atoms with Gasteiger partial charge in [-0.05, 0) is 36.8 Å². The average molecular weight is 337 g/mol. The first-order chi connectivity index (χ1) is 11.3. The van der Waals surface area contributed by atoms with Crippen LogP contribution in [0.3, 0.4) is 0 Å². The number of nitrogens with one attached hydrogen (secondary N) is 1. The molecule has 1 saturated carbocycles. The molecule has 5 nitrogen and oxygen atoms in total. The molecule has 3 rings (SSSR count). The van der Waals surface area contributed by atoms with Crippen molar-refractivity contribution in [1.82, 2.24) is 15.2 Å². The molecular formula is C17H25ClN4O. The van der Waals surface area contributed by atoms with Crippen molar-refractivity contribution in [3.05, 3.63) is 23.4 Å². The molecule has 126 valence electrons. The lowest BCUT2D eigenvalue weighted by Gasteiger charge is -2.22. The highest BCUT2D eigenvalue weighted by Gasteiger charge is 2.35. The van der Waals surface area contributed by atoms with E-state index in [4.69, 9.17) is 16.3 Å². The molecule has 0 aromatic carbocycles. The smallest absolute Gasteiger partial charge is 0.232 e. The molecular weight excluding hydrogens is 312 g/mol. The first kappa shape index (κ1) is 16.4. The van der Waals surface area contributed by atoms with Crippen LogP contribution < -0.4 is 10.1 Å². The molecule has 1 N–H and O–H groups in total. The Kier molecular flexibility index (Phi) is 5.60. The zero-order valence-corrected chi connectivity index (χ0v) is 14.4. The molecule has 2 atom stereocenters. The number of guanidine groups is 1. The Morgan fingerprint density at radius 3 is 2.78 bits per heavy atom. The van der Waals surface area contributed by atoms with Gasteiger partial charge < -0.3 is 15.0 Å². The lowest BCUT2D eigenvalue weighted by atomic mass is 9.82. The van der Waals surface area contributed by atoms with Gasteiger partial charge in [0.25, 0.3) is 0 Å². The predicted octanol–water partition coefficient (Wildman–Crippen LogP) is 2.81. The molecule has 0 spiro atoms. The number of likely N-dealkylation sites (tertiary alicyclic amines) is 1. The van der Waals surface area contributed by atoms with Crippen LogP contribution in [0.15, 0.2) is 23.3 Å². The highest BCUT2D eigenvalue weighted by Crippen LogP contribution is 2.35. The monoisotopic (exact) mass is 336 g/mol. The number of hydrogen-bond acceptors (Lipinski definition) is 3. The van der Waals surface area contributed by atoms with Crippen LogP contribution in [0.1, 0.15) is 25.7 Å². The van der Waals surface area contributed by atoms with E-state index >= 15 is 0 Å². The number of pyridine rings is 1. The van der Waals surface area contributed by atoms with E-state index in [0.29, 0.717) is 24.1 Å². The Labute approximate surface area is 143 Å². The third-order valence-electron chi connectivity index (χ3n) is 4.84. The van der Waals surface area contributed by atoms with Crippen LogP contribution in [-0.2, 0) is 0 Å². The van der Waals surface area contributed by atoms with Gasteiger partial charge in [-0.25, -0.2) is 4.98 Å². The minimum absolute atomic E-state index is 0.484. The summed E-state index contributed by atoms with van der Waals surface area (Å²) in [5, 5.41) is 3.93.